The lowest BCUT2D eigenvalue weighted by Gasteiger charge is -2.22. The molecule has 2 N–H and O–H groups in total. The predicted octanol–water partition coefficient (Wildman–Crippen LogP) is 3.78. The van der Waals surface area contributed by atoms with E-state index >= 15 is 0 Å². The first-order chi connectivity index (χ1) is 18.0. The normalized spacial score (nSPS) is 13.7. The molecule has 188 valence electrons. The van der Waals surface area contributed by atoms with Crippen molar-refractivity contribution in [1.82, 2.24) is 10.4 Å². The second-order valence-corrected chi connectivity index (χ2v) is 8.05. The Morgan fingerprint density at radius 2 is 1.65 bits per heavy atom. The van der Waals surface area contributed by atoms with Gasteiger partial charge in [-0.25, -0.2) is 9.79 Å². The molecule has 0 atom stereocenters. The van der Waals surface area contributed by atoms with Crippen LogP contribution in [0.15, 0.2) is 89.6 Å². The molecule has 3 aromatic carbocycles. The van der Waals surface area contributed by atoms with E-state index in [0.717, 1.165) is 0 Å². The number of thiocarbonyl (C=S) groups is 1. The largest absolute Gasteiger partial charge is 0.495 e. The van der Waals surface area contributed by atoms with Gasteiger partial charge >= 0.3 is 5.97 Å². The Morgan fingerprint density at radius 3 is 2.38 bits per heavy atom. The number of ether oxygens (including phenoxy) is 3. The number of nitrogens with one attached hydrogen (secondary N) is 2. The van der Waals surface area contributed by atoms with Crippen LogP contribution in [0.2, 0.25) is 0 Å². The quantitative estimate of drug-likeness (QED) is 0.265. The van der Waals surface area contributed by atoms with Crippen molar-refractivity contribution in [3.63, 3.8) is 0 Å². The fraction of sp³-hybridized carbons (Fsp3) is 0.111. The Morgan fingerprint density at radius 1 is 0.973 bits per heavy atom. The van der Waals surface area contributed by atoms with E-state index in [1.165, 1.54) is 12.1 Å². The van der Waals surface area contributed by atoms with Gasteiger partial charge in [-0.3, -0.25) is 10.2 Å². The van der Waals surface area contributed by atoms with E-state index in [2.05, 4.69) is 20.5 Å². The zero-order chi connectivity index (χ0) is 26.2. The Hall–Kier alpha value is -4.70. The van der Waals surface area contributed by atoms with Crippen LogP contribution in [0.4, 0.5) is 5.69 Å². The van der Waals surface area contributed by atoms with E-state index in [-0.39, 0.29) is 17.4 Å². The highest BCUT2D eigenvalue weighted by molar-refractivity contribution is 7.80. The summed E-state index contributed by atoms with van der Waals surface area (Å²) in [5.41, 5.74) is 5.01. The predicted molar refractivity (Wildman–Crippen MR) is 144 cm³/mol. The first kappa shape index (κ1) is 25.4. The third kappa shape index (κ3) is 6.11. The van der Waals surface area contributed by atoms with Gasteiger partial charge in [0, 0.05) is 11.1 Å². The van der Waals surface area contributed by atoms with Crippen molar-refractivity contribution in [1.29, 1.82) is 0 Å². The van der Waals surface area contributed by atoms with Crippen LogP contribution in [0.5, 0.6) is 11.5 Å². The zero-order valence-corrected chi connectivity index (χ0v) is 21.0. The molecule has 0 aromatic heterocycles. The molecule has 10 heteroatoms. The Bertz CT molecular complexity index is 1370. The number of hydrogen-bond acceptors (Lipinski definition) is 7. The van der Waals surface area contributed by atoms with Gasteiger partial charge in [-0.1, -0.05) is 60.7 Å². The lowest BCUT2D eigenvalue weighted by molar-refractivity contribution is -0.142. The number of carbonyl (C=O) groups is 2. The minimum absolute atomic E-state index is 0.153. The number of para-hydroxylation sites is 3. The van der Waals surface area contributed by atoms with E-state index in [4.69, 9.17) is 21.7 Å². The van der Waals surface area contributed by atoms with Crippen LogP contribution in [-0.4, -0.2) is 48.7 Å². The number of hydrogen-bond donors (Lipinski definition) is 2. The van der Waals surface area contributed by atoms with Gasteiger partial charge in [0.05, 0.1) is 19.9 Å². The van der Waals surface area contributed by atoms with Gasteiger partial charge in [0.25, 0.3) is 5.91 Å². The monoisotopic (exact) mass is 516 g/mol. The number of hydrazine groups is 1. The fourth-order valence-electron chi connectivity index (χ4n) is 3.48. The van der Waals surface area contributed by atoms with Gasteiger partial charge < -0.3 is 19.5 Å². The first-order valence-corrected chi connectivity index (χ1v) is 11.6. The highest BCUT2D eigenvalue weighted by atomic mass is 32.1. The van der Waals surface area contributed by atoms with Gasteiger partial charge in [0.2, 0.25) is 0 Å². The van der Waals surface area contributed by atoms with Crippen LogP contribution in [0.1, 0.15) is 11.1 Å². The molecule has 0 spiro atoms. The highest BCUT2D eigenvalue weighted by Gasteiger charge is 2.32. The van der Waals surface area contributed by atoms with Gasteiger partial charge in [-0.15, -0.1) is 0 Å². The van der Waals surface area contributed by atoms with Crippen molar-refractivity contribution >= 4 is 46.8 Å². The van der Waals surface area contributed by atoms with Crippen molar-refractivity contribution < 1.29 is 23.8 Å². The smallest absolute Gasteiger partial charge is 0.343 e. The second-order valence-electron chi connectivity index (χ2n) is 7.64. The van der Waals surface area contributed by atoms with E-state index < -0.39 is 11.9 Å². The second kappa shape index (κ2) is 11.8. The third-order valence-electron chi connectivity index (χ3n) is 5.25. The number of carbonyl (C=O) groups excluding carboxylic acids is 2. The Kier molecular flexibility index (Phi) is 8.11. The van der Waals surface area contributed by atoms with Crippen LogP contribution in [0.3, 0.4) is 0 Å². The molecule has 0 saturated carbocycles. The molecular weight excluding hydrogens is 492 g/mol. The lowest BCUT2D eigenvalue weighted by Crippen LogP contribution is -2.49. The van der Waals surface area contributed by atoms with E-state index in [9.17, 15) is 9.59 Å². The number of anilines is 1. The molecule has 9 nitrogen and oxygen atoms in total. The summed E-state index contributed by atoms with van der Waals surface area (Å²) in [4.78, 5) is 29.6. The molecule has 0 bridgehead atoms. The standard InChI is InChI=1S/C27H24N4O5S/c1-34-23-15-9-7-13-20(23)29-27(37)30-31-25(18-10-4-3-5-11-18)28-21(26(31)33)16-19-12-6-8-14-22(19)36-17-24(32)35-2/h3-16H,17H2,1-2H3,(H2,29,30,37)/b21-16-. The van der Waals surface area contributed by atoms with Crippen molar-refractivity contribution in [3.05, 3.63) is 95.7 Å². The molecule has 1 aliphatic heterocycles. The Labute approximate surface area is 219 Å². The molecule has 4 rings (SSSR count). The maximum Gasteiger partial charge on any atom is 0.343 e. The number of nitrogens with zero attached hydrogens (tertiary/aromatic N) is 2. The summed E-state index contributed by atoms with van der Waals surface area (Å²) in [5, 5.41) is 4.50. The van der Waals surface area contributed by atoms with Crippen LogP contribution in [0, 0.1) is 0 Å². The van der Waals surface area contributed by atoms with Gasteiger partial charge in [-0.2, -0.15) is 5.01 Å². The Balaban J connectivity index is 1.62. The van der Waals surface area contributed by atoms with E-state index in [1.807, 2.05) is 42.5 Å². The van der Waals surface area contributed by atoms with Crippen molar-refractivity contribution in [2.24, 2.45) is 4.99 Å². The summed E-state index contributed by atoms with van der Waals surface area (Å²) in [6.07, 6.45) is 1.59. The number of aliphatic imine (C=N–C) groups is 1. The maximum atomic E-state index is 13.5. The highest BCUT2D eigenvalue weighted by Crippen LogP contribution is 2.26. The van der Waals surface area contributed by atoms with Crippen molar-refractivity contribution in [3.8, 4) is 11.5 Å². The molecule has 3 aromatic rings. The molecule has 1 heterocycles. The van der Waals surface area contributed by atoms with Gasteiger partial charge in [-0.05, 0) is 36.5 Å². The number of methoxy groups -OCH3 is 2. The van der Waals surface area contributed by atoms with Crippen LogP contribution in [0.25, 0.3) is 6.08 Å². The third-order valence-corrected chi connectivity index (χ3v) is 5.44. The summed E-state index contributed by atoms with van der Waals surface area (Å²) < 4.78 is 15.6. The van der Waals surface area contributed by atoms with Gasteiger partial charge in [0.1, 0.15) is 17.2 Å². The average Bonchev–Trinajstić information content (AvgIpc) is 3.23. The van der Waals surface area contributed by atoms with E-state index in [1.54, 1.807) is 49.6 Å². The van der Waals surface area contributed by atoms with Gasteiger partial charge in [0.15, 0.2) is 17.6 Å². The molecular formula is C27H24N4O5S. The first-order valence-electron chi connectivity index (χ1n) is 11.2. The maximum absolute atomic E-state index is 13.5. The number of amidine groups is 1. The molecule has 37 heavy (non-hydrogen) atoms. The SMILES string of the molecule is COC(=O)COc1ccccc1/C=C1\N=C(c2ccccc2)N(NC(=S)Nc2ccccc2OC)C1=O. The minimum Gasteiger partial charge on any atom is -0.495 e. The number of esters is 1. The van der Waals surface area contributed by atoms with E-state index in [0.29, 0.717) is 34.1 Å². The van der Waals surface area contributed by atoms with Crippen LogP contribution in [-0.2, 0) is 14.3 Å². The molecule has 0 fully saturated rings. The summed E-state index contributed by atoms with van der Waals surface area (Å²) in [7, 11) is 2.84. The number of rotatable bonds is 8. The zero-order valence-electron chi connectivity index (χ0n) is 20.1. The summed E-state index contributed by atoms with van der Waals surface area (Å²) >= 11 is 5.49. The molecule has 0 unspecified atom stereocenters. The number of benzene rings is 3. The van der Waals surface area contributed by atoms with Crippen molar-refractivity contribution in [2.45, 2.75) is 0 Å². The van der Waals surface area contributed by atoms with Crippen molar-refractivity contribution in [2.75, 3.05) is 26.1 Å². The molecule has 1 amide bonds. The molecule has 1 aliphatic rings. The van der Waals surface area contributed by atoms with Crippen LogP contribution >= 0.6 is 12.2 Å². The lowest BCUT2D eigenvalue weighted by atomic mass is 10.1. The molecule has 0 aliphatic carbocycles. The molecule has 0 radical (unpaired) electrons. The minimum atomic E-state index is -0.518. The van der Waals surface area contributed by atoms with Crippen LogP contribution < -0.4 is 20.2 Å². The summed E-state index contributed by atoms with van der Waals surface area (Å²) in [5.74, 6) is 0.430. The summed E-state index contributed by atoms with van der Waals surface area (Å²) in [6.45, 7) is -0.264. The molecule has 0 saturated heterocycles. The summed E-state index contributed by atoms with van der Waals surface area (Å²) in [6, 6.07) is 23.5. The topological polar surface area (TPSA) is 101 Å². The average molecular weight is 517 g/mol. The number of amides is 1. The fourth-order valence-corrected chi connectivity index (χ4v) is 3.68.